The molecule has 0 bridgehead atoms. The van der Waals surface area contributed by atoms with E-state index >= 15 is 0 Å². The minimum Gasteiger partial charge on any atom is -0.295 e. The molecule has 0 atom stereocenters. The van der Waals surface area contributed by atoms with Gasteiger partial charge in [-0.1, -0.05) is 12.2 Å². The number of hydrogen-bond donors (Lipinski definition) is 2. The molecule has 6 heteroatoms. The summed E-state index contributed by atoms with van der Waals surface area (Å²) in [4.78, 5) is 12.9. The summed E-state index contributed by atoms with van der Waals surface area (Å²) in [7, 11) is 0. The summed E-state index contributed by atoms with van der Waals surface area (Å²) in [6.45, 7) is 0. The van der Waals surface area contributed by atoms with Crippen molar-refractivity contribution in [1.82, 2.24) is 15.2 Å². The summed E-state index contributed by atoms with van der Waals surface area (Å²) in [5, 5.41) is 6.56. The maximum atomic E-state index is 10.5. The molecular formula is C4H5N3OS2. The Hall–Kier alpha value is -0.620. The van der Waals surface area contributed by atoms with Crippen molar-refractivity contribution in [2.24, 2.45) is 0 Å². The third-order valence-corrected chi connectivity index (χ3v) is 1.98. The zero-order chi connectivity index (χ0) is 7.56. The first-order valence-corrected chi connectivity index (χ1v) is 4.10. The lowest BCUT2D eigenvalue weighted by Crippen LogP contribution is -2.12. The first-order chi connectivity index (χ1) is 4.74. The third-order valence-electron chi connectivity index (χ3n) is 0.874. The van der Waals surface area contributed by atoms with Crippen molar-refractivity contribution in [3.63, 3.8) is 0 Å². The topological polar surface area (TPSA) is 61.5 Å². The van der Waals surface area contributed by atoms with Gasteiger partial charge in [-0.05, 0) is 6.26 Å². The van der Waals surface area contributed by atoms with E-state index in [9.17, 15) is 4.79 Å². The molecule has 1 aromatic rings. The van der Waals surface area contributed by atoms with E-state index in [1.54, 1.807) is 0 Å². The minimum atomic E-state index is -0.372. The van der Waals surface area contributed by atoms with E-state index in [0.717, 1.165) is 0 Å². The van der Waals surface area contributed by atoms with E-state index in [2.05, 4.69) is 15.2 Å². The van der Waals surface area contributed by atoms with Crippen molar-refractivity contribution >= 4 is 24.0 Å². The highest BCUT2D eigenvalue weighted by atomic mass is 32.2. The Labute approximate surface area is 66.1 Å². The fourth-order valence-corrected chi connectivity index (χ4v) is 1.24. The fraction of sp³-hybridized carbons (Fsp3) is 0.250. The summed E-state index contributed by atoms with van der Waals surface area (Å²) in [5.41, 5.74) is -0.372. The highest BCUT2D eigenvalue weighted by molar-refractivity contribution is 7.98. The lowest BCUT2D eigenvalue weighted by Gasteiger charge is -1.90. The normalized spacial score (nSPS) is 9.70. The first kappa shape index (κ1) is 7.49. The maximum absolute atomic E-state index is 10.5. The van der Waals surface area contributed by atoms with Crippen LogP contribution in [0.5, 0.6) is 0 Å². The Morgan fingerprint density at radius 3 is 2.90 bits per heavy atom. The highest BCUT2D eigenvalue weighted by Crippen LogP contribution is 2.07. The van der Waals surface area contributed by atoms with Gasteiger partial charge >= 0.3 is 5.69 Å². The third kappa shape index (κ3) is 1.45. The summed E-state index contributed by atoms with van der Waals surface area (Å²) < 4.78 is 0.385. The predicted octanol–water partition coefficient (Wildman–Crippen LogP) is 0.549. The second kappa shape index (κ2) is 2.98. The number of nitrogens with zero attached hydrogens (tertiary/aromatic N) is 1. The summed E-state index contributed by atoms with van der Waals surface area (Å²) in [6.07, 6.45) is 1.84. The molecular weight excluding hydrogens is 170 g/mol. The lowest BCUT2D eigenvalue weighted by atomic mass is 10.9. The number of H-pyrrole nitrogens is 2. The van der Waals surface area contributed by atoms with Crippen molar-refractivity contribution in [3.8, 4) is 0 Å². The number of thioether (sulfide) groups is 1. The van der Waals surface area contributed by atoms with Gasteiger partial charge in [-0.3, -0.25) is 4.98 Å². The Balaban J connectivity index is 3.34. The molecule has 10 heavy (non-hydrogen) atoms. The van der Waals surface area contributed by atoms with Crippen LogP contribution in [0.15, 0.2) is 9.82 Å². The highest BCUT2D eigenvalue weighted by Gasteiger charge is 1.93. The second-order valence-corrected chi connectivity index (χ2v) is 2.72. The molecule has 0 saturated carbocycles. The van der Waals surface area contributed by atoms with Crippen LogP contribution in [-0.2, 0) is 0 Å². The lowest BCUT2D eigenvalue weighted by molar-refractivity contribution is 0.826. The average Bonchev–Trinajstić information content (AvgIpc) is 1.88. The zero-order valence-electron chi connectivity index (χ0n) is 5.17. The molecule has 1 heterocycles. The maximum Gasteiger partial charge on any atom is 0.340 e. The molecule has 1 aromatic heterocycles. The SMILES string of the molecule is CSc1n[nH]c(=O)[nH]c1=S. The number of rotatable bonds is 1. The Morgan fingerprint density at radius 2 is 2.40 bits per heavy atom. The van der Waals surface area contributed by atoms with E-state index in [4.69, 9.17) is 12.2 Å². The van der Waals surface area contributed by atoms with E-state index in [0.29, 0.717) is 9.67 Å². The van der Waals surface area contributed by atoms with Crippen LogP contribution in [0, 0.1) is 4.64 Å². The molecule has 54 valence electrons. The van der Waals surface area contributed by atoms with Crippen LogP contribution in [0.1, 0.15) is 0 Å². The molecule has 0 aliphatic heterocycles. The fourth-order valence-electron chi connectivity index (χ4n) is 0.475. The largest absolute Gasteiger partial charge is 0.340 e. The number of hydrogen-bond acceptors (Lipinski definition) is 4. The number of aromatic amines is 2. The van der Waals surface area contributed by atoms with Crippen molar-refractivity contribution in [2.45, 2.75) is 5.03 Å². The van der Waals surface area contributed by atoms with Gasteiger partial charge in [0, 0.05) is 0 Å². The van der Waals surface area contributed by atoms with Crippen molar-refractivity contribution in [1.29, 1.82) is 0 Å². The Bertz CT molecular complexity index is 328. The molecule has 0 amide bonds. The smallest absolute Gasteiger partial charge is 0.295 e. The van der Waals surface area contributed by atoms with Crippen molar-refractivity contribution in [2.75, 3.05) is 6.26 Å². The Kier molecular flexibility index (Phi) is 2.23. The van der Waals surface area contributed by atoms with Gasteiger partial charge in [0.2, 0.25) is 0 Å². The summed E-state index contributed by atoms with van der Waals surface area (Å²) >= 11 is 6.17. The molecule has 0 unspecified atom stereocenters. The standard InChI is InChI=1S/C4H5N3OS2/c1-10-3-2(9)5-4(8)7-6-3/h1H3,(H2,5,7,8,9). The molecule has 0 radical (unpaired) electrons. The Morgan fingerprint density at radius 1 is 1.70 bits per heavy atom. The van der Waals surface area contributed by atoms with Crippen LogP contribution in [0.2, 0.25) is 0 Å². The monoisotopic (exact) mass is 175 g/mol. The summed E-state index contributed by atoms with van der Waals surface area (Å²) in [5.74, 6) is 0. The van der Waals surface area contributed by atoms with Crippen LogP contribution in [-0.4, -0.2) is 21.4 Å². The second-order valence-electron chi connectivity index (χ2n) is 1.52. The van der Waals surface area contributed by atoms with Gasteiger partial charge < -0.3 is 0 Å². The van der Waals surface area contributed by atoms with E-state index < -0.39 is 0 Å². The zero-order valence-corrected chi connectivity index (χ0v) is 6.80. The minimum absolute atomic E-state index is 0.372. The van der Waals surface area contributed by atoms with Crippen LogP contribution in [0.4, 0.5) is 0 Å². The van der Waals surface area contributed by atoms with Crippen molar-refractivity contribution in [3.05, 3.63) is 15.1 Å². The molecule has 0 fully saturated rings. The molecule has 0 spiro atoms. The molecule has 0 aliphatic carbocycles. The van der Waals surface area contributed by atoms with Gasteiger partial charge in [0.25, 0.3) is 0 Å². The van der Waals surface area contributed by atoms with E-state index in [1.807, 2.05) is 6.26 Å². The quantitative estimate of drug-likeness (QED) is 0.483. The summed E-state index contributed by atoms with van der Waals surface area (Å²) in [6, 6.07) is 0. The van der Waals surface area contributed by atoms with Gasteiger partial charge in [0.05, 0.1) is 0 Å². The molecule has 0 aliphatic rings. The molecule has 1 rings (SSSR count). The van der Waals surface area contributed by atoms with Gasteiger partial charge in [0.1, 0.15) is 4.64 Å². The van der Waals surface area contributed by atoms with Gasteiger partial charge in [0.15, 0.2) is 5.03 Å². The van der Waals surface area contributed by atoms with Gasteiger partial charge in [-0.15, -0.1) is 11.8 Å². The molecule has 0 saturated heterocycles. The van der Waals surface area contributed by atoms with E-state index in [1.165, 1.54) is 11.8 Å². The number of aromatic nitrogens is 3. The average molecular weight is 175 g/mol. The van der Waals surface area contributed by atoms with Gasteiger partial charge in [-0.2, -0.15) is 5.10 Å². The first-order valence-electron chi connectivity index (χ1n) is 2.47. The molecule has 2 N–H and O–H groups in total. The van der Waals surface area contributed by atoms with E-state index in [-0.39, 0.29) is 5.69 Å². The van der Waals surface area contributed by atoms with Crippen LogP contribution in [0.3, 0.4) is 0 Å². The number of nitrogens with one attached hydrogen (secondary N) is 2. The molecule has 0 aromatic carbocycles. The van der Waals surface area contributed by atoms with Gasteiger partial charge in [-0.25, -0.2) is 9.89 Å². The van der Waals surface area contributed by atoms with Crippen LogP contribution < -0.4 is 5.69 Å². The predicted molar refractivity (Wildman–Crippen MR) is 41.8 cm³/mol. The van der Waals surface area contributed by atoms with Crippen molar-refractivity contribution < 1.29 is 0 Å². The molecule has 4 nitrogen and oxygen atoms in total. The van der Waals surface area contributed by atoms with Crippen LogP contribution in [0.25, 0.3) is 0 Å². The van der Waals surface area contributed by atoms with Crippen LogP contribution >= 0.6 is 24.0 Å².